The molecular weight excluding hydrogens is 260 g/mol. The molecule has 0 spiro atoms. The van der Waals surface area contributed by atoms with Crippen molar-refractivity contribution in [1.29, 1.82) is 0 Å². The van der Waals surface area contributed by atoms with Gasteiger partial charge in [-0.2, -0.15) is 0 Å². The largest absolute Gasteiger partial charge is 0.484 e. The highest BCUT2D eigenvalue weighted by Crippen LogP contribution is 2.16. The van der Waals surface area contributed by atoms with Crippen molar-refractivity contribution < 1.29 is 29.2 Å². The predicted octanol–water partition coefficient (Wildman–Crippen LogP) is 0.106. The first-order chi connectivity index (χ1) is 8.99. The number of nitrogens with zero attached hydrogens (tertiary/aromatic N) is 1. The molecular formula is C10H10N2O7. The van der Waals surface area contributed by atoms with Crippen LogP contribution < -0.4 is 10.2 Å². The number of non-ortho nitro benzene ring substituents is 1. The first-order valence-electron chi connectivity index (χ1n) is 4.98. The van der Waals surface area contributed by atoms with Gasteiger partial charge < -0.3 is 9.84 Å². The number of hydrogen-bond acceptors (Lipinski definition) is 6. The van der Waals surface area contributed by atoms with Crippen LogP contribution in [0.4, 0.5) is 5.69 Å². The number of amides is 1. The quantitative estimate of drug-likeness (QED) is 0.531. The van der Waals surface area contributed by atoms with E-state index in [1.54, 1.807) is 0 Å². The van der Waals surface area contributed by atoms with E-state index in [4.69, 9.17) is 9.84 Å². The molecule has 0 aliphatic rings. The highest BCUT2D eigenvalue weighted by Gasteiger charge is 2.07. The minimum Gasteiger partial charge on any atom is -0.484 e. The average Bonchev–Trinajstić information content (AvgIpc) is 2.36. The van der Waals surface area contributed by atoms with Gasteiger partial charge in [0.2, 0.25) is 0 Å². The molecule has 1 aromatic carbocycles. The Bertz CT molecular complexity index is 471. The number of hydroxylamine groups is 1. The Balaban J connectivity index is 2.33. The Labute approximate surface area is 106 Å². The maximum Gasteiger partial charge on any atom is 0.332 e. The molecule has 9 nitrogen and oxygen atoms in total. The molecule has 0 heterocycles. The van der Waals surface area contributed by atoms with E-state index in [1.165, 1.54) is 24.3 Å². The molecule has 1 rings (SSSR count). The van der Waals surface area contributed by atoms with E-state index in [2.05, 4.69) is 4.84 Å². The molecule has 2 N–H and O–H groups in total. The van der Waals surface area contributed by atoms with Crippen LogP contribution >= 0.6 is 0 Å². The fraction of sp³-hybridized carbons (Fsp3) is 0.200. The fourth-order valence-corrected chi connectivity index (χ4v) is 1.02. The predicted molar refractivity (Wildman–Crippen MR) is 60.3 cm³/mol. The van der Waals surface area contributed by atoms with E-state index in [1.807, 2.05) is 5.48 Å². The molecule has 0 aliphatic heterocycles. The van der Waals surface area contributed by atoms with E-state index < -0.39 is 30.0 Å². The molecule has 19 heavy (non-hydrogen) atoms. The van der Waals surface area contributed by atoms with E-state index in [-0.39, 0.29) is 11.4 Å². The number of ether oxygens (including phenoxy) is 1. The molecule has 0 bridgehead atoms. The lowest BCUT2D eigenvalue weighted by Gasteiger charge is -2.06. The Morgan fingerprint density at radius 2 is 1.89 bits per heavy atom. The molecule has 0 radical (unpaired) electrons. The number of hydrogen-bond donors (Lipinski definition) is 2. The Hall–Kier alpha value is -2.68. The first-order valence-corrected chi connectivity index (χ1v) is 4.98. The van der Waals surface area contributed by atoms with Crippen molar-refractivity contribution in [1.82, 2.24) is 5.48 Å². The van der Waals surface area contributed by atoms with Crippen molar-refractivity contribution in [3.63, 3.8) is 0 Å². The molecule has 102 valence electrons. The number of rotatable bonds is 7. The summed E-state index contributed by atoms with van der Waals surface area (Å²) in [4.78, 5) is 35.4. The monoisotopic (exact) mass is 270 g/mol. The van der Waals surface area contributed by atoms with Gasteiger partial charge in [0, 0.05) is 12.1 Å². The van der Waals surface area contributed by atoms with Crippen molar-refractivity contribution in [3.8, 4) is 5.75 Å². The lowest BCUT2D eigenvalue weighted by atomic mass is 10.3. The van der Waals surface area contributed by atoms with Gasteiger partial charge in [0.15, 0.2) is 13.2 Å². The minimum absolute atomic E-state index is 0.0957. The molecule has 0 aromatic heterocycles. The molecule has 1 amide bonds. The van der Waals surface area contributed by atoms with Crippen LogP contribution in [0.2, 0.25) is 0 Å². The van der Waals surface area contributed by atoms with Crippen molar-refractivity contribution in [2.45, 2.75) is 0 Å². The standard InChI is InChI=1S/C10H10N2O7/c13-9(11-19-6-10(14)15)5-18-8-3-1-7(2-4-8)12(16)17/h1-4H,5-6H2,(H,11,13)(H,14,15). The SMILES string of the molecule is O=C(O)CONC(=O)COc1ccc([N+](=O)[O-])cc1. The summed E-state index contributed by atoms with van der Waals surface area (Å²) in [6.45, 7) is -1.07. The van der Waals surface area contributed by atoms with Gasteiger partial charge in [-0.05, 0) is 12.1 Å². The number of nitrogens with one attached hydrogen (secondary N) is 1. The van der Waals surface area contributed by atoms with Gasteiger partial charge in [0.05, 0.1) is 4.92 Å². The third kappa shape index (κ3) is 5.46. The zero-order valence-electron chi connectivity index (χ0n) is 9.57. The van der Waals surface area contributed by atoms with Crippen molar-refractivity contribution >= 4 is 17.6 Å². The second-order valence-corrected chi connectivity index (χ2v) is 3.25. The number of nitro groups is 1. The van der Waals surface area contributed by atoms with Gasteiger partial charge >= 0.3 is 5.97 Å². The summed E-state index contributed by atoms with van der Waals surface area (Å²) < 4.78 is 5.00. The minimum atomic E-state index is -1.23. The molecule has 0 unspecified atom stereocenters. The first kappa shape index (κ1) is 14.4. The average molecular weight is 270 g/mol. The lowest BCUT2D eigenvalue weighted by molar-refractivity contribution is -0.384. The summed E-state index contributed by atoms with van der Waals surface area (Å²) in [5.74, 6) is -1.64. The lowest BCUT2D eigenvalue weighted by Crippen LogP contribution is -2.30. The number of carbonyl (C=O) groups excluding carboxylic acids is 1. The van der Waals surface area contributed by atoms with Crippen molar-refractivity contribution in [3.05, 3.63) is 34.4 Å². The van der Waals surface area contributed by atoms with Crippen LogP contribution in [0.15, 0.2) is 24.3 Å². The molecule has 0 saturated carbocycles. The number of nitro benzene ring substituents is 1. The highest BCUT2D eigenvalue weighted by molar-refractivity contribution is 5.76. The number of carbonyl (C=O) groups is 2. The van der Waals surface area contributed by atoms with E-state index in [9.17, 15) is 19.7 Å². The number of benzene rings is 1. The van der Waals surface area contributed by atoms with Gasteiger partial charge in [0.25, 0.3) is 11.6 Å². The zero-order chi connectivity index (χ0) is 14.3. The number of carboxylic acid groups (broad SMARTS) is 1. The van der Waals surface area contributed by atoms with Crippen LogP contribution in [-0.2, 0) is 14.4 Å². The topological polar surface area (TPSA) is 128 Å². The second-order valence-electron chi connectivity index (χ2n) is 3.25. The Morgan fingerprint density at radius 3 is 2.42 bits per heavy atom. The number of aliphatic carboxylic acids is 1. The third-order valence-corrected chi connectivity index (χ3v) is 1.80. The van der Waals surface area contributed by atoms with Crippen LogP contribution in [-0.4, -0.2) is 35.1 Å². The second kappa shape index (κ2) is 6.91. The maximum atomic E-state index is 11.1. The molecule has 0 fully saturated rings. The summed E-state index contributed by atoms with van der Waals surface area (Å²) in [5, 5.41) is 18.6. The summed E-state index contributed by atoms with van der Waals surface area (Å²) in [6.07, 6.45) is 0. The van der Waals surface area contributed by atoms with Gasteiger partial charge in [-0.25, -0.2) is 10.3 Å². The van der Waals surface area contributed by atoms with Crippen molar-refractivity contribution in [2.24, 2.45) is 0 Å². The smallest absolute Gasteiger partial charge is 0.332 e. The molecule has 1 aromatic rings. The molecule has 0 atom stereocenters. The van der Waals surface area contributed by atoms with Crippen LogP contribution in [0, 0.1) is 10.1 Å². The Kier molecular flexibility index (Phi) is 5.23. The normalized spacial score (nSPS) is 9.68. The van der Waals surface area contributed by atoms with Crippen molar-refractivity contribution in [2.75, 3.05) is 13.2 Å². The zero-order valence-corrected chi connectivity index (χ0v) is 9.57. The van der Waals surface area contributed by atoms with Crippen LogP contribution in [0.25, 0.3) is 0 Å². The molecule has 0 saturated heterocycles. The van der Waals surface area contributed by atoms with Crippen LogP contribution in [0.3, 0.4) is 0 Å². The molecule has 0 aliphatic carbocycles. The Morgan fingerprint density at radius 1 is 1.26 bits per heavy atom. The maximum absolute atomic E-state index is 11.1. The van der Waals surface area contributed by atoms with Gasteiger partial charge in [-0.15, -0.1) is 0 Å². The van der Waals surface area contributed by atoms with E-state index >= 15 is 0 Å². The van der Waals surface area contributed by atoms with Gasteiger partial charge in [-0.3, -0.25) is 19.7 Å². The van der Waals surface area contributed by atoms with Gasteiger partial charge in [-0.1, -0.05) is 0 Å². The van der Waals surface area contributed by atoms with Crippen LogP contribution in [0.1, 0.15) is 0 Å². The summed E-state index contributed by atoms with van der Waals surface area (Å²) >= 11 is 0. The summed E-state index contributed by atoms with van der Waals surface area (Å²) in [5.41, 5.74) is 1.77. The highest BCUT2D eigenvalue weighted by atomic mass is 16.7. The summed E-state index contributed by atoms with van der Waals surface area (Å²) in [6, 6.07) is 5.13. The van der Waals surface area contributed by atoms with Crippen LogP contribution in [0.5, 0.6) is 5.75 Å². The molecule has 9 heteroatoms. The van der Waals surface area contributed by atoms with E-state index in [0.29, 0.717) is 0 Å². The number of carboxylic acids is 1. The third-order valence-electron chi connectivity index (χ3n) is 1.80. The van der Waals surface area contributed by atoms with Gasteiger partial charge in [0.1, 0.15) is 5.75 Å². The van der Waals surface area contributed by atoms with E-state index in [0.717, 1.165) is 0 Å². The fourth-order valence-electron chi connectivity index (χ4n) is 1.02. The summed E-state index contributed by atoms with van der Waals surface area (Å²) in [7, 11) is 0.